The van der Waals surface area contributed by atoms with Crippen molar-refractivity contribution in [3.63, 3.8) is 0 Å². The summed E-state index contributed by atoms with van der Waals surface area (Å²) in [5.74, 6) is -0.0357. The summed E-state index contributed by atoms with van der Waals surface area (Å²) < 4.78 is 33.4. The second-order valence-corrected chi connectivity index (χ2v) is 10.7. The minimum absolute atomic E-state index is 0.00714. The van der Waals surface area contributed by atoms with Gasteiger partial charge in [0.25, 0.3) is 5.91 Å². The standard InChI is InChI=1S/C22H26N4O4S2/c1-2-26(17-7-4-3-5-8-17)32(28,29)19-12-10-16(11-13-19)21(27)23-22-25-24-20(30-22)15-18-9-6-14-31-18/h6,9-14,17H,2-5,7-8,15H2,1H3,(H,23,25,27). The Morgan fingerprint density at radius 2 is 1.91 bits per heavy atom. The highest BCUT2D eigenvalue weighted by atomic mass is 32.2. The van der Waals surface area contributed by atoms with E-state index in [0.717, 1.165) is 37.0 Å². The predicted octanol–water partition coefficient (Wildman–Crippen LogP) is 4.32. The van der Waals surface area contributed by atoms with Gasteiger partial charge in [0, 0.05) is 23.0 Å². The molecule has 2 aromatic heterocycles. The van der Waals surface area contributed by atoms with Crippen molar-refractivity contribution in [2.75, 3.05) is 11.9 Å². The van der Waals surface area contributed by atoms with Gasteiger partial charge in [0.1, 0.15) is 0 Å². The van der Waals surface area contributed by atoms with Crippen LogP contribution < -0.4 is 5.32 Å². The van der Waals surface area contributed by atoms with Gasteiger partial charge in [-0.3, -0.25) is 10.1 Å². The monoisotopic (exact) mass is 474 g/mol. The average molecular weight is 475 g/mol. The van der Waals surface area contributed by atoms with E-state index >= 15 is 0 Å². The number of carbonyl (C=O) groups is 1. The van der Waals surface area contributed by atoms with Gasteiger partial charge in [-0.1, -0.05) is 37.4 Å². The second-order valence-electron chi connectivity index (χ2n) is 7.74. The van der Waals surface area contributed by atoms with Gasteiger partial charge in [0.15, 0.2) is 0 Å². The molecule has 10 heteroatoms. The second kappa shape index (κ2) is 9.93. The fourth-order valence-electron chi connectivity index (χ4n) is 4.01. The van der Waals surface area contributed by atoms with Crippen molar-refractivity contribution in [2.24, 2.45) is 0 Å². The molecule has 1 saturated carbocycles. The average Bonchev–Trinajstić information content (AvgIpc) is 3.47. The maximum absolute atomic E-state index is 13.2. The number of nitrogens with zero attached hydrogens (tertiary/aromatic N) is 3. The lowest BCUT2D eigenvalue weighted by molar-refractivity contribution is 0.102. The molecule has 8 nitrogen and oxygen atoms in total. The first-order chi connectivity index (χ1) is 15.5. The zero-order valence-corrected chi connectivity index (χ0v) is 19.5. The molecule has 32 heavy (non-hydrogen) atoms. The Morgan fingerprint density at radius 1 is 1.16 bits per heavy atom. The lowest BCUT2D eigenvalue weighted by Crippen LogP contribution is -2.41. The highest BCUT2D eigenvalue weighted by Crippen LogP contribution is 2.28. The molecule has 2 heterocycles. The Bertz CT molecular complexity index is 1140. The molecule has 0 aliphatic heterocycles. The first kappa shape index (κ1) is 22.6. The number of hydrogen-bond acceptors (Lipinski definition) is 7. The van der Waals surface area contributed by atoms with Gasteiger partial charge in [0.05, 0.1) is 11.3 Å². The number of hydrogen-bond donors (Lipinski definition) is 1. The Labute approximate surface area is 191 Å². The number of anilines is 1. The van der Waals surface area contributed by atoms with Crippen molar-refractivity contribution >= 4 is 33.3 Å². The summed E-state index contributed by atoms with van der Waals surface area (Å²) in [7, 11) is -3.61. The zero-order chi connectivity index (χ0) is 22.6. The van der Waals surface area contributed by atoms with Gasteiger partial charge >= 0.3 is 6.01 Å². The number of sulfonamides is 1. The number of thiophene rings is 1. The molecule has 0 bridgehead atoms. The van der Waals surface area contributed by atoms with Crippen molar-refractivity contribution in [1.82, 2.24) is 14.5 Å². The summed E-state index contributed by atoms with van der Waals surface area (Å²) in [4.78, 5) is 13.8. The molecule has 0 unspecified atom stereocenters. The van der Waals surface area contributed by atoms with Crippen molar-refractivity contribution < 1.29 is 17.6 Å². The van der Waals surface area contributed by atoms with Crippen LogP contribution in [0.2, 0.25) is 0 Å². The van der Waals surface area contributed by atoms with Crippen LogP contribution in [0, 0.1) is 0 Å². The molecule has 0 atom stereocenters. The van der Waals surface area contributed by atoms with Crippen LogP contribution in [0.15, 0.2) is 51.1 Å². The smallest absolute Gasteiger partial charge is 0.322 e. The summed E-state index contributed by atoms with van der Waals surface area (Å²) in [6, 6.07) is 9.92. The molecule has 4 rings (SSSR count). The van der Waals surface area contributed by atoms with Crippen LogP contribution in [-0.2, 0) is 16.4 Å². The van der Waals surface area contributed by atoms with Crippen molar-refractivity contribution in [3.8, 4) is 0 Å². The molecular weight excluding hydrogens is 448 g/mol. The SMILES string of the molecule is CCN(C1CCCCC1)S(=O)(=O)c1ccc(C(=O)Nc2nnc(Cc3cccs3)o2)cc1. The number of carbonyl (C=O) groups excluding carboxylic acids is 1. The fraction of sp³-hybridized carbons (Fsp3) is 0.409. The number of amides is 1. The van der Waals surface area contributed by atoms with E-state index in [2.05, 4.69) is 15.5 Å². The molecule has 0 spiro atoms. The predicted molar refractivity (Wildman–Crippen MR) is 122 cm³/mol. The molecular formula is C22H26N4O4S2. The lowest BCUT2D eigenvalue weighted by Gasteiger charge is -2.32. The van der Waals surface area contributed by atoms with Gasteiger partial charge in [-0.05, 0) is 48.6 Å². The number of aromatic nitrogens is 2. The summed E-state index contributed by atoms with van der Waals surface area (Å²) in [6.45, 7) is 2.30. The van der Waals surface area contributed by atoms with Crippen LogP contribution in [0.3, 0.4) is 0 Å². The minimum Gasteiger partial charge on any atom is -0.407 e. The summed E-state index contributed by atoms with van der Waals surface area (Å²) >= 11 is 1.59. The normalized spacial score (nSPS) is 15.2. The maximum atomic E-state index is 13.2. The van der Waals surface area contributed by atoms with Crippen LogP contribution in [-0.4, -0.2) is 41.4 Å². The highest BCUT2D eigenvalue weighted by Gasteiger charge is 2.31. The molecule has 1 amide bonds. The van der Waals surface area contributed by atoms with Crippen molar-refractivity contribution in [1.29, 1.82) is 0 Å². The van der Waals surface area contributed by atoms with Crippen molar-refractivity contribution in [2.45, 2.75) is 56.4 Å². The van der Waals surface area contributed by atoms with E-state index in [0.29, 0.717) is 24.4 Å². The van der Waals surface area contributed by atoms with E-state index in [1.54, 1.807) is 15.6 Å². The highest BCUT2D eigenvalue weighted by molar-refractivity contribution is 7.89. The first-order valence-corrected chi connectivity index (χ1v) is 13.1. The Morgan fingerprint density at radius 3 is 2.56 bits per heavy atom. The lowest BCUT2D eigenvalue weighted by atomic mass is 9.95. The van der Waals surface area contributed by atoms with Gasteiger partial charge in [-0.2, -0.15) is 4.31 Å². The van der Waals surface area contributed by atoms with Crippen LogP contribution in [0.4, 0.5) is 6.01 Å². The topological polar surface area (TPSA) is 105 Å². The number of benzene rings is 1. The van der Waals surface area contributed by atoms with Crippen LogP contribution in [0.1, 0.15) is 60.2 Å². The molecule has 1 N–H and O–H groups in total. The summed E-state index contributed by atoms with van der Waals surface area (Å²) in [5.41, 5.74) is 0.308. The van der Waals surface area contributed by atoms with Crippen LogP contribution >= 0.6 is 11.3 Å². The van der Waals surface area contributed by atoms with Gasteiger partial charge in [0.2, 0.25) is 15.9 Å². The molecule has 1 fully saturated rings. The zero-order valence-electron chi connectivity index (χ0n) is 17.9. The fourth-order valence-corrected chi connectivity index (χ4v) is 6.40. The molecule has 0 saturated heterocycles. The van der Waals surface area contributed by atoms with E-state index in [9.17, 15) is 13.2 Å². The minimum atomic E-state index is -3.61. The molecule has 1 aliphatic rings. The van der Waals surface area contributed by atoms with Gasteiger partial charge < -0.3 is 4.42 Å². The third-order valence-corrected chi connectivity index (χ3v) is 8.53. The van der Waals surface area contributed by atoms with Crippen LogP contribution in [0.25, 0.3) is 0 Å². The van der Waals surface area contributed by atoms with E-state index in [1.165, 1.54) is 24.3 Å². The molecule has 170 valence electrons. The first-order valence-electron chi connectivity index (χ1n) is 10.8. The van der Waals surface area contributed by atoms with E-state index < -0.39 is 15.9 Å². The summed E-state index contributed by atoms with van der Waals surface area (Å²) in [5, 5.41) is 12.3. The molecule has 1 aromatic carbocycles. The molecule has 0 radical (unpaired) electrons. The number of nitrogens with one attached hydrogen (secondary N) is 1. The quantitative estimate of drug-likeness (QED) is 0.521. The van der Waals surface area contributed by atoms with Crippen molar-refractivity contribution in [3.05, 3.63) is 58.1 Å². The van der Waals surface area contributed by atoms with Crippen LogP contribution in [0.5, 0.6) is 0 Å². The van der Waals surface area contributed by atoms with Gasteiger partial charge in [-0.15, -0.1) is 16.4 Å². The van der Waals surface area contributed by atoms with E-state index in [1.807, 2.05) is 24.4 Å². The van der Waals surface area contributed by atoms with Gasteiger partial charge in [-0.25, -0.2) is 8.42 Å². The van der Waals surface area contributed by atoms with E-state index in [-0.39, 0.29) is 17.0 Å². The third kappa shape index (κ3) is 5.08. The summed E-state index contributed by atoms with van der Waals surface area (Å²) in [6.07, 6.45) is 5.56. The number of rotatable bonds is 8. The Balaban J connectivity index is 1.42. The largest absolute Gasteiger partial charge is 0.407 e. The molecule has 3 aromatic rings. The Hall–Kier alpha value is -2.56. The molecule has 1 aliphatic carbocycles. The third-order valence-electron chi connectivity index (χ3n) is 5.61. The van der Waals surface area contributed by atoms with E-state index in [4.69, 9.17) is 4.42 Å². The maximum Gasteiger partial charge on any atom is 0.322 e. The Kier molecular flexibility index (Phi) is 7.02.